The number of amides is 2. The second-order valence-corrected chi connectivity index (χ2v) is 7.05. The van der Waals surface area contributed by atoms with Crippen molar-refractivity contribution in [3.63, 3.8) is 0 Å². The second kappa shape index (κ2) is 5.72. The Morgan fingerprint density at radius 3 is 2.62 bits per heavy atom. The summed E-state index contributed by atoms with van der Waals surface area (Å²) in [5.74, 6) is -0.628. The Labute approximate surface area is 140 Å². The highest BCUT2D eigenvalue weighted by atomic mass is 19.1. The zero-order chi connectivity index (χ0) is 16.8. The quantitative estimate of drug-likeness (QED) is 0.906. The van der Waals surface area contributed by atoms with Crippen LogP contribution in [0.4, 0.5) is 4.39 Å². The predicted octanol–water partition coefficient (Wildman–Crippen LogP) is 3.23. The Kier molecular flexibility index (Phi) is 3.66. The number of carbonyl (C=O) groups excluding carboxylic acids is 2. The van der Waals surface area contributed by atoms with Gasteiger partial charge < -0.3 is 10.2 Å². The highest BCUT2D eigenvalue weighted by Gasteiger charge is 2.41. The molecule has 0 radical (unpaired) electrons. The van der Waals surface area contributed by atoms with E-state index < -0.39 is 11.9 Å². The number of hydrogen-bond acceptors (Lipinski definition) is 2. The zero-order valence-corrected chi connectivity index (χ0v) is 13.6. The first-order chi connectivity index (χ1) is 11.6. The van der Waals surface area contributed by atoms with E-state index in [9.17, 15) is 14.0 Å². The van der Waals surface area contributed by atoms with Crippen LogP contribution >= 0.6 is 0 Å². The van der Waals surface area contributed by atoms with Gasteiger partial charge in [-0.3, -0.25) is 9.59 Å². The maximum Gasteiger partial charge on any atom is 0.258 e. The highest BCUT2D eigenvalue weighted by molar-refractivity contribution is 6.02. The first-order valence-corrected chi connectivity index (χ1v) is 8.67. The van der Waals surface area contributed by atoms with Gasteiger partial charge in [0.25, 0.3) is 5.91 Å². The Morgan fingerprint density at radius 1 is 1.17 bits per heavy atom. The summed E-state index contributed by atoms with van der Waals surface area (Å²) in [4.78, 5) is 26.6. The van der Waals surface area contributed by atoms with Crippen molar-refractivity contribution in [1.82, 2.24) is 10.2 Å². The van der Waals surface area contributed by atoms with E-state index in [2.05, 4.69) is 11.9 Å². The van der Waals surface area contributed by atoms with Gasteiger partial charge in [0.2, 0.25) is 5.91 Å². The lowest BCUT2D eigenvalue weighted by atomic mass is 9.91. The molecule has 1 N–H and O–H groups in total. The largest absolute Gasteiger partial charge is 0.329 e. The van der Waals surface area contributed by atoms with Crippen molar-refractivity contribution in [3.05, 3.63) is 46.9 Å². The third kappa shape index (κ3) is 2.34. The van der Waals surface area contributed by atoms with Crippen LogP contribution in [0, 0.1) is 5.82 Å². The molecule has 2 fully saturated rings. The fourth-order valence-electron chi connectivity index (χ4n) is 4.35. The van der Waals surface area contributed by atoms with Crippen LogP contribution in [0.5, 0.6) is 0 Å². The van der Waals surface area contributed by atoms with Crippen molar-refractivity contribution in [2.45, 2.75) is 57.0 Å². The smallest absolute Gasteiger partial charge is 0.258 e. The fourth-order valence-corrected chi connectivity index (χ4v) is 4.35. The summed E-state index contributed by atoms with van der Waals surface area (Å²) < 4.78 is 14.3. The van der Waals surface area contributed by atoms with Crippen LogP contribution in [0.15, 0.2) is 24.4 Å². The van der Waals surface area contributed by atoms with Crippen molar-refractivity contribution in [2.24, 2.45) is 0 Å². The topological polar surface area (TPSA) is 49.4 Å². The average Bonchev–Trinajstić information content (AvgIpc) is 3.17. The van der Waals surface area contributed by atoms with Gasteiger partial charge >= 0.3 is 0 Å². The van der Waals surface area contributed by atoms with Crippen LogP contribution in [-0.2, 0) is 11.3 Å². The molecule has 1 aromatic carbocycles. The van der Waals surface area contributed by atoms with Gasteiger partial charge in [0, 0.05) is 12.2 Å². The summed E-state index contributed by atoms with van der Waals surface area (Å²) in [7, 11) is 0. The van der Waals surface area contributed by atoms with E-state index in [0.717, 1.165) is 24.0 Å². The molecule has 5 heteroatoms. The highest BCUT2D eigenvalue weighted by Crippen LogP contribution is 2.40. The van der Waals surface area contributed by atoms with Crippen molar-refractivity contribution < 1.29 is 14.0 Å². The number of nitrogens with one attached hydrogen (secondary N) is 1. The monoisotopic (exact) mass is 328 g/mol. The Balaban J connectivity index is 1.68. The predicted molar refractivity (Wildman–Crippen MR) is 87.8 cm³/mol. The van der Waals surface area contributed by atoms with Gasteiger partial charge in [-0.2, -0.15) is 0 Å². The van der Waals surface area contributed by atoms with Crippen molar-refractivity contribution >= 4 is 11.8 Å². The summed E-state index contributed by atoms with van der Waals surface area (Å²) >= 11 is 0. The van der Waals surface area contributed by atoms with E-state index in [0.29, 0.717) is 31.0 Å². The van der Waals surface area contributed by atoms with Crippen LogP contribution in [0.25, 0.3) is 0 Å². The van der Waals surface area contributed by atoms with E-state index in [4.69, 9.17) is 0 Å². The lowest BCUT2D eigenvalue weighted by Crippen LogP contribution is -2.49. The number of piperidine rings is 1. The molecule has 1 atom stereocenters. The molecule has 1 saturated carbocycles. The van der Waals surface area contributed by atoms with Crippen LogP contribution in [0.3, 0.4) is 0 Å². The van der Waals surface area contributed by atoms with Crippen LogP contribution < -0.4 is 5.32 Å². The van der Waals surface area contributed by atoms with E-state index in [1.54, 1.807) is 0 Å². The lowest BCUT2D eigenvalue weighted by molar-refractivity contribution is -0.126. The molecule has 1 saturated heterocycles. The van der Waals surface area contributed by atoms with Gasteiger partial charge in [-0.15, -0.1) is 0 Å². The number of benzene rings is 1. The lowest BCUT2D eigenvalue weighted by Gasteiger charge is -2.31. The third-order valence-corrected chi connectivity index (χ3v) is 5.59. The van der Waals surface area contributed by atoms with Crippen molar-refractivity contribution in [2.75, 3.05) is 0 Å². The molecular weight excluding hydrogens is 307 g/mol. The number of rotatable bonds is 2. The summed E-state index contributed by atoms with van der Waals surface area (Å²) in [6.07, 6.45) is 5.74. The van der Waals surface area contributed by atoms with E-state index in [-0.39, 0.29) is 17.4 Å². The summed E-state index contributed by atoms with van der Waals surface area (Å²) in [5, 5.41) is 2.72. The zero-order valence-electron chi connectivity index (χ0n) is 13.6. The van der Waals surface area contributed by atoms with Crippen LogP contribution in [0.2, 0.25) is 0 Å². The van der Waals surface area contributed by atoms with Crippen LogP contribution in [0.1, 0.15) is 65.9 Å². The fraction of sp³-hybridized carbons (Fsp3) is 0.474. The maximum absolute atomic E-state index is 14.3. The van der Waals surface area contributed by atoms with E-state index >= 15 is 0 Å². The minimum atomic E-state index is -0.536. The molecule has 2 aliphatic heterocycles. The van der Waals surface area contributed by atoms with Gasteiger partial charge in [-0.05, 0) is 48.8 Å². The van der Waals surface area contributed by atoms with Crippen molar-refractivity contribution in [1.29, 1.82) is 0 Å². The molecule has 1 aromatic rings. The number of fused-ring (bicyclic) bond motifs is 1. The number of hydrogen-bond donors (Lipinski definition) is 1. The summed E-state index contributed by atoms with van der Waals surface area (Å²) in [5.41, 5.74) is 2.75. The SMILES string of the molecule is C=C1CCC(N2Cc3c(C4CCCC4)ccc(F)c3C2=O)C(=O)N1. The minimum Gasteiger partial charge on any atom is -0.329 e. The molecule has 2 heterocycles. The third-order valence-electron chi connectivity index (χ3n) is 5.59. The van der Waals surface area contributed by atoms with Gasteiger partial charge in [0.05, 0.1) is 5.56 Å². The first-order valence-electron chi connectivity index (χ1n) is 8.67. The van der Waals surface area contributed by atoms with E-state index in [1.165, 1.54) is 23.8 Å². The van der Waals surface area contributed by atoms with Gasteiger partial charge in [-0.1, -0.05) is 25.5 Å². The minimum absolute atomic E-state index is 0.177. The molecule has 4 nitrogen and oxygen atoms in total. The normalized spacial score (nSPS) is 24.5. The number of carbonyl (C=O) groups is 2. The molecule has 0 bridgehead atoms. The molecule has 2 amide bonds. The second-order valence-electron chi connectivity index (χ2n) is 7.05. The molecule has 3 aliphatic rings. The Bertz CT molecular complexity index is 737. The number of allylic oxidation sites excluding steroid dienone is 1. The van der Waals surface area contributed by atoms with Gasteiger partial charge in [0.1, 0.15) is 11.9 Å². The molecule has 1 unspecified atom stereocenters. The number of nitrogens with zero attached hydrogens (tertiary/aromatic N) is 1. The maximum atomic E-state index is 14.3. The molecule has 4 rings (SSSR count). The number of halogens is 1. The molecule has 0 aromatic heterocycles. The molecule has 24 heavy (non-hydrogen) atoms. The molecule has 126 valence electrons. The van der Waals surface area contributed by atoms with Gasteiger partial charge in [0.15, 0.2) is 0 Å². The van der Waals surface area contributed by atoms with Crippen LogP contribution in [-0.4, -0.2) is 22.8 Å². The average molecular weight is 328 g/mol. The van der Waals surface area contributed by atoms with Crippen molar-refractivity contribution in [3.8, 4) is 0 Å². The molecular formula is C19H21FN2O2. The molecule has 0 spiro atoms. The molecule has 1 aliphatic carbocycles. The van der Waals surface area contributed by atoms with E-state index in [1.807, 2.05) is 6.07 Å². The summed E-state index contributed by atoms with van der Waals surface area (Å²) in [6.45, 7) is 4.10. The van der Waals surface area contributed by atoms with Gasteiger partial charge in [-0.25, -0.2) is 4.39 Å². The Hall–Kier alpha value is -2.17. The Morgan fingerprint density at radius 2 is 1.92 bits per heavy atom. The summed E-state index contributed by atoms with van der Waals surface area (Å²) in [6, 6.07) is 2.71. The first kappa shape index (κ1) is 15.4. The standard InChI is InChI=1S/C19H21FN2O2/c1-11-6-9-16(18(23)21-11)22-10-14-13(12-4-2-3-5-12)7-8-15(20)17(14)19(22)24/h7-8,12,16H,1-6,9-10H2,(H,21,23).